The van der Waals surface area contributed by atoms with E-state index in [2.05, 4.69) is 15.4 Å². The highest BCUT2D eigenvalue weighted by Crippen LogP contribution is 2.19. The number of aromatic nitrogens is 3. The number of carbonyl (C=O) groups excluding carboxylic acids is 1. The second-order valence-electron chi connectivity index (χ2n) is 5.64. The van der Waals surface area contributed by atoms with Crippen molar-refractivity contribution in [3.8, 4) is 5.75 Å². The van der Waals surface area contributed by atoms with Gasteiger partial charge in [-0.3, -0.25) is 4.79 Å². The summed E-state index contributed by atoms with van der Waals surface area (Å²) in [5, 5.41) is 7.48. The molecule has 0 saturated carbocycles. The minimum absolute atomic E-state index is 0.0803. The van der Waals surface area contributed by atoms with Crippen molar-refractivity contribution >= 4 is 11.6 Å². The van der Waals surface area contributed by atoms with Crippen LogP contribution in [0.2, 0.25) is 0 Å². The van der Waals surface area contributed by atoms with Crippen LogP contribution in [0.1, 0.15) is 12.8 Å². The summed E-state index contributed by atoms with van der Waals surface area (Å²) in [6.07, 6.45) is 5.06. The van der Waals surface area contributed by atoms with Crippen LogP contribution in [0.3, 0.4) is 0 Å². The van der Waals surface area contributed by atoms with Gasteiger partial charge in [0.15, 0.2) is 0 Å². The van der Waals surface area contributed by atoms with Crippen LogP contribution < -0.4 is 10.1 Å². The number of likely N-dealkylation sites (tertiary alicyclic amines) is 1. The van der Waals surface area contributed by atoms with Gasteiger partial charge in [-0.1, -0.05) is 0 Å². The predicted molar refractivity (Wildman–Crippen MR) is 86.2 cm³/mol. The Bertz CT molecular complexity index is 626. The maximum Gasteiger partial charge on any atom is 0.244 e. The van der Waals surface area contributed by atoms with Crippen LogP contribution in [0.5, 0.6) is 5.75 Å². The van der Waals surface area contributed by atoms with Crippen molar-refractivity contribution in [2.75, 3.05) is 25.5 Å². The minimum Gasteiger partial charge on any atom is -0.497 e. The molecule has 3 rings (SSSR count). The van der Waals surface area contributed by atoms with E-state index in [1.807, 2.05) is 29.2 Å². The van der Waals surface area contributed by atoms with Crippen LogP contribution in [0.15, 0.2) is 36.9 Å². The molecule has 0 spiro atoms. The number of piperidine rings is 1. The fourth-order valence-electron chi connectivity index (χ4n) is 2.80. The molecule has 1 amide bonds. The minimum atomic E-state index is 0.0803. The van der Waals surface area contributed by atoms with E-state index in [4.69, 9.17) is 4.74 Å². The molecule has 1 atom stereocenters. The third-order valence-corrected chi connectivity index (χ3v) is 4.00. The number of benzene rings is 1. The highest BCUT2D eigenvalue weighted by atomic mass is 16.5. The lowest BCUT2D eigenvalue weighted by molar-refractivity contribution is -0.133. The van der Waals surface area contributed by atoms with E-state index in [-0.39, 0.29) is 18.5 Å². The zero-order chi connectivity index (χ0) is 16.1. The van der Waals surface area contributed by atoms with Gasteiger partial charge in [0, 0.05) is 24.8 Å². The van der Waals surface area contributed by atoms with Gasteiger partial charge < -0.3 is 15.0 Å². The largest absolute Gasteiger partial charge is 0.497 e. The fourth-order valence-corrected chi connectivity index (χ4v) is 2.80. The number of carbonyl (C=O) groups is 1. The topological polar surface area (TPSA) is 72.3 Å². The molecule has 1 N–H and O–H groups in total. The second-order valence-corrected chi connectivity index (χ2v) is 5.64. The Morgan fingerprint density at radius 3 is 2.91 bits per heavy atom. The Hall–Kier alpha value is -2.57. The molecule has 1 aliphatic heterocycles. The third-order valence-electron chi connectivity index (χ3n) is 4.00. The van der Waals surface area contributed by atoms with E-state index >= 15 is 0 Å². The molecule has 0 bridgehead atoms. The van der Waals surface area contributed by atoms with Crippen LogP contribution in [0.4, 0.5) is 5.69 Å². The molecule has 1 saturated heterocycles. The molecule has 1 fully saturated rings. The average Bonchev–Trinajstić information content (AvgIpc) is 3.09. The number of hydrogen-bond donors (Lipinski definition) is 1. The standard InChI is InChI=1S/C16H21N5O2/c1-23-15-6-4-13(5-7-15)19-14-3-2-8-20(9-14)16(22)10-21-12-17-11-18-21/h4-7,11-12,14,19H,2-3,8-10H2,1H3. The maximum atomic E-state index is 12.3. The van der Waals surface area contributed by atoms with Crippen LogP contribution in [-0.4, -0.2) is 51.8 Å². The molecule has 122 valence electrons. The highest BCUT2D eigenvalue weighted by molar-refractivity contribution is 5.76. The van der Waals surface area contributed by atoms with Crippen LogP contribution in [0.25, 0.3) is 0 Å². The number of hydrogen-bond acceptors (Lipinski definition) is 5. The first-order valence-electron chi connectivity index (χ1n) is 7.75. The predicted octanol–water partition coefficient (Wildman–Crippen LogP) is 1.39. The first kappa shape index (κ1) is 15.3. The first-order chi connectivity index (χ1) is 11.2. The molecule has 1 aliphatic rings. The zero-order valence-corrected chi connectivity index (χ0v) is 13.2. The third kappa shape index (κ3) is 4.00. The van der Waals surface area contributed by atoms with Gasteiger partial charge in [-0.05, 0) is 37.1 Å². The van der Waals surface area contributed by atoms with E-state index < -0.39 is 0 Å². The van der Waals surface area contributed by atoms with E-state index in [1.165, 1.54) is 6.33 Å². The Kier molecular flexibility index (Phi) is 4.75. The summed E-state index contributed by atoms with van der Waals surface area (Å²) in [4.78, 5) is 18.1. The Labute approximate surface area is 135 Å². The Morgan fingerprint density at radius 1 is 1.39 bits per heavy atom. The molecule has 23 heavy (non-hydrogen) atoms. The van der Waals surface area contributed by atoms with Gasteiger partial charge in [0.05, 0.1) is 7.11 Å². The molecular formula is C16H21N5O2. The number of methoxy groups -OCH3 is 1. The van der Waals surface area contributed by atoms with E-state index in [9.17, 15) is 4.79 Å². The van der Waals surface area contributed by atoms with Gasteiger partial charge in [-0.15, -0.1) is 0 Å². The van der Waals surface area contributed by atoms with Crippen molar-refractivity contribution in [1.29, 1.82) is 0 Å². The summed E-state index contributed by atoms with van der Waals surface area (Å²) < 4.78 is 6.72. The van der Waals surface area contributed by atoms with Crippen molar-refractivity contribution in [3.63, 3.8) is 0 Å². The molecule has 1 aromatic carbocycles. The van der Waals surface area contributed by atoms with Gasteiger partial charge >= 0.3 is 0 Å². The smallest absolute Gasteiger partial charge is 0.244 e. The quantitative estimate of drug-likeness (QED) is 0.903. The second kappa shape index (κ2) is 7.13. The summed E-state index contributed by atoms with van der Waals surface area (Å²) >= 11 is 0. The van der Waals surface area contributed by atoms with E-state index in [0.717, 1.165) is 30.8 Å². The number of nitrogens with one attached hydrogen (secondary N) is 1. The number of rotatable bonds is 5. The first-order valence-corrected chi connectivity index (χ1v) is 7.75. The molecule has 0 radical (unpaired) electrons. The number of ether oxygens (including phenoxy) is 1. The van der Waals surface area contributed by atoms with E-state index in [0.29, 0.717) is 6.54 Å². The molecule has 2 aromatic rings. The molecule has 1 unspecified atom stereocenters. The molecule has 0 aliphatic carbocycles. The summed E-state index contributed by atoms with van der Waals surface area (Å²) in [6.45, 7) is 1.75. The maximum absolute atomic E-state index is 12.3. The molecule has 2 heterocycles. The number of anilines is 1. The Morgan fingerprint density at radius 2 is 2.22 bits per heavy atom. The van der Waals surface area contributed by atoms with Crippen LogP contribution >= 0.6 is 0 Å². The molecule has 1 aromatic heterocycles. The summed E-state index contributed by atoms with van der Waals surface area (Å²) in [5.74, 6) is 0.917. The summed E-state index contributed by atoms with van der Waals surface area (Å²) in [5.41, 5.74) is 1.04. The zero-order valence-electron chi connectivity index (χ0n) is 13.2. The van der Waals surface area contributed by atoms with Gasteiger partial charge in [0.1, 0.15) is 24.9 Å². The van der Waals surface area contributed by atoms with Crippen LogP contribution in [0, 0.1) is 0 Å². The van der Waals surface area contributed by atoms with Gasteiger partial charge in [-0.25, -0.2) is 9.67 Å². The highest BCUT2D eigenvalue weighted by Gasteiger charge is 2.23. The van der Waals surface area contributed by atoms with Gasteiger partial charge in [0.25, 0.3) is 0 Å². The van der Waals surface area contributed by atoms with E-state index in [1.54, 1.807) is 18.1 Å². The summed E-state index contributed by atoms with van der Waals surface area (Å²) in [7, 11) is 1.65. The lowest BCUT2D eigenvalue weighted by Gasteiger charge is -2.33. The van der Waals surface area contributed by atoms with Crippen molar-refractivity contribution in [2.24, 2.45) is 0 Å². The molecule has 7 nitrogen and oxygen atoms in total. The van der Waals surface area contributed by atoms with Crippen molar-refractivity contribution < 1.29 is 9.53 Å². The molecule has 7 heteroatoms. The lowest BCUT2D eigenvalue weighted by atomic mass is 10.1. The van der Waals surface area contributed by atoms with Crippen LogP contribution in [-0.2, 0) is 11.3 Å². The number of nitrogens with zero attached hydrogens (tertiary/aromatic N) is 4. The monoisotopic (exact) mass is 315 g/mol. The number of amides is 1. The average molecular weight is 315 g/mol. The van der Waals surface area contributed by atoms with Crippen molar-refractivity contribution in [1.82, 2.24) is 19.7 Å². The molecular weight excluding hydrogens is 294 g/mol. The van der Waals surface area contributed by atoms with Gasteiger partial charge in [0.2, 0.25) is 5.91 Å². The SMILES string of the molecule is COc1ccc(NC2CCCN(C(=O)Cn3cncn3)C2)cc1. The van der Waals surface area contributed by atoms with Crippen molar-refractivity contribution in [3.05, 3.63) is 36.9 Å². The van der Waals surface area contributed by atoms with Crippen molar-refractivity contribution in [2.45, 2.75) is 25.4 Å². The lowest BCUT2D eigenvalue weighted by Crippen LogP contribution is -2.46. The normalized spacial score (nSPS) is 17.8. The van der Waals surface area contributed by atoms with Gasteiger partial charge in [-0.2, -0.15) is 5.10 Å². The summed E-state index contributed by atoms with van der Waals surface area (Å²) in [6, 6.07) is 8.11. The Balaban J connectivity index is 1.55. The fraction of sp³-hybridized carbons (Fsp3) is 0.438.